The molecule has 1 amide bonds. The highest BCUT2D eigenvalue weighted by Crippen LogP contribution is 2.12. The summed E-state index contributed by atoms with van der Waals surface area (Å²) >= 11 is 0. The fraction of sp³-hybridized carbons (Fsp3) is 0.417. The standard InChI is InChI=1S/C12H16N4O2/c1-8(6-16-5-4-13-7-16)14-12(17)11-9(2)15-18-10(11)3/h4-5,7-8H,6H2,1-3H3,(H,14,17). The second-order valence-electron chi connectivity index (χ2n) is 4.33. The van der Waals surface area contributed by atoms with E-state index in [1.807, 2.05) is 17.7 Å². The maximum absolute atomic E-state index is 12.1. The Bertz CT molecular complexity index is 511. The summed E-state index contributed by atoms with van der Waals surface area (Å²) in [5.41, 5.74) is 1.13. The zero-order valence-electron chi connectivity index (χ0n) is 10.7. The van der Waals surface area contributed by atoms with Crippen LogP contribution in [0.2, 0.25) is 0 Å². The molecule has 0 aliphatic carbocycles. The van der Waals surface area contributed by atoms with Gasteiger partial charge >= 0.3 is 0 Å². The number of nitrogens with zero attached hydrogens (tertiary/aromatic N) is 3. The van der Waals surface area contributed by atoms with E-state index in [4.69, 9.17) is 4.52 Å². The zero-order valence-corrected chi connectivity index (χ0v) is 10.7. The van der Waals surface area contributed by atoms with Crippen LogP contribution in [0.3, 0.4) is 0 Å². The summed E-state index contributed by atoms with van der Waals surface area (Å²) in [5.74, 6) is 0.388. The Morgan fingerprint density at radius 1 is 1.56 bits per heavy atom. The number of aromatic nitrogens is 3. The van der Waals surface area contributed by atoms with E-state index in [0.29, 0.717) is 23.6 Å². The molecular weight excluding hydrogens is 232 g/mol. The molecule has 6 heteroatoms. The molecule has 0 aliphatic rings. The van der Waals surface area contributed by atoms with Gasteiger partial charge in [0.25, 0.3) is 5.91 Å². The van der Waals surface area contributed by atoms with Gasteiger partial charge in [0.15, 0.2) is 0 Å². The Morgan fingerprint density at radius 3 is 2.89 bits per heavy atom. The quantitative estimate of drug-likeness (QED) is 0.885. The van der Waals surface area contributed by atoms with E-state index in [1.54, 1.807) is 26.4 Å². The topological polar surface area (TPSA) is 73.0 Å². The van der Waals surface area contributed by atoms with E-state index in [-0.39, 0.29) is 11.9 Å². The van der Waals surface area contributed by atoms with Crippen LogP contribution < -0.4 is 5.32 Å². The molecule has 0 saturated carbocycles. The molecule has 0 radical (unpaired) electrons. The van der Waals surface area contributed by atoms with Crippen molar-refractivity contribution in [2.24, 2.45) is 0 Å². The Morgan fingerprint density at radius 2 is 2.33 bits per heavy atom. The molecule has 1 N–H and O–H groups in total. The summed E-state index contributed by atoms with van der Waals surface area (Å²) in [7, 11) is 0. The minimum absolute atomic E-state index is 0.000370. The van der Waals surface area contributed by atoms with Crippen molar-refractivity contribution in [1.29, 1.82) is 0 Å². The minimum atomic E-state index is -0.154. The molecule has 2 heterocycles. The molecule has 1 unspecified atom stereocenters. The van der Waals surface area contributed by atoms with Crippen molar-refractivity contribution in [3.63, 3.8) is 0 Å². The van der Waals surface area contributed by atoms with Crippen LogP contribution in [0.25, 0.3) is 0 Å². The van der Waals surface area contributed by atoms with Gasteiger partial charge in [-0.05, 0) is 20.8 Å². The molecule has 1 atom stereocenters. The molecule has 18 heavy (non-hydrogen) atoms. The Labute approximate surface area is 105 Å². The van der Waals surface area contributed by atoms with Crippen LogP contribution in [0.4, 0.5) is 0 Å². The lowest BCUT2D eigenvalue weighted by Crippen LogP contribution is -2.35. The maximum atomic E-state index is 12.1. The van der Waals surface area contributed by atoms with Crippen molar-refractivity contribution >= 4 is 5.91 Å². The Kier molecular flexibility index (Phi) is 3.45. The fourth-order valence-corrected chi connectivity index (χ4v) is 1.86. The number of nitrogens with one attached hydrogen (secondary N) is 1. The van der Waals surface area contributed by atoms with Gasteiger partial charge < -0.3 is 14.4 Å². The van der Waals surface area contributed by atoms with E-state index in [1.165, 1.54) is 0 Å². The average Bonchev–Trinajstić information content (AvgIpc) is 2.89. The van der Waals surface area contributed by atoms with Gasteiger partial charge in [-0.1, -0.05) is 5.16 Å². The molecule has 0 aliphatic heterocycles. The summed E-state index contributed by atoms with van der Waals surface area (Å²) < 4.78 is 6.89. The number of carbonyl (C=O) groups excluding carboxylic acids is 1. The van der Waals surface area contributed by atoms with Gasteiger partial charge in [0.05, 0.1) is 12.0 Å². The molecule has 96 valence electrons. The fourth-order valence-electron chi connectivity index (χ4n) is 1.86. The molecule has 0 fully saturated rings. The molecule has 6 nitrogen and oxygen atoms in total. The van der Waals surface area contributed by atoms with E-state index >= 15 is 0 Å². The summed E-state index contributed by atoms with van der Waals surface area (Å²) in [6.45, 7) is 6.10. The molecule has 0 saturated heterocycles. The second-order valence-corrected chi connectivity index (χ2v) is 4.33. The first kappa shape index (κ1) is 12.3. The number of aryl methyl sites for hydroxylation is 2. The SMILES string of the molecule is Cc1noc(C)c1C(=O)NC(C)Cn1ccnc1. The van der Waals surface area contributed by atoms with Crippen LogP contribution in [-0.4, -0.2) is 26.7 Å². The number of rotatable bonds is 4. The maximum Gasteiger partial charge on any atom is 0.257 e. The van der Waals surface area contributed by atoms with E-state index in [0.717, 1.165) is 0 Å². The smallest absolute Gasteiger partial charge is 0.257 e. The molecular formula is C12H16N4O2. The molecule has 0 bridgehead atoms. The van der Waals surface area contributed by atoms with Crippen LogP contribution in [0.5, 0.6) is 0 Å². The normalized spacial score (nSPS) is 12.4. The summed E-state index contributed by atoms with van der Waals surface area (Å²) in [6, 6.07) is 0.000370. The highest BCUT2D eigenvalue weighted by atomic mass is 16.5. The van der Waals surface area contributed by atoms with Crippen LogP contribution in [0, 0.1) is 13.8 Å². The predicted octanol–water partition coefficient (Wildman–Crippen LogP) is 1.31. The molecule has 0 spiro atoms. The Balaban J connectivity index is 1.99. The molecule has 2 aromatic rings. The first-order chi connectivity index (χ1) is 8.58. The van der Waals surface area contributed by atoms with Crippen molar-refractivity contribution in [1.82, 2.24) is 20.0 Å². The largest absolute Gasteiger partial charge is 0.361 e. The van der Waals surface area contributed by atoms with Gasteiger partial charge in [-0.25, -0.2) is 4.98 Å². The van der Waals surface area contributed by atoms with Crippen LogP contribution in [-0.2, 0) is 6.54 Å². The van der Waals surface area contributed by atoms with Gasteiger partial charge in [0, 0.05) is 25.0 Å². The van der Waals surface area contributed by atoms with Crippen LogP contribution >= 0.6 is 0 Å². The van der Waals surface area contributed by atoms with Crippen LogP contribution in [0.1, 0.15) is 28.7 Å². The Hall–Kier alpha value is -2.11. The number of hydrogen-bond donors (Lipinski definition) is 1. The summed E-state index contributed by atoms with van der Waals surface area (Å²) in [4.78, 5) is 16.0. The van der Waals surface area contributed by atoms with Crippen molar-refractivity contribution in [3.8, 4) is 0 Å². The van der Waals surface area contributed by atoms with Crippen molar-refractivity contribution in [2.45, 2.75) is 33.4 Å². The highest BCUT2D eigenvalue weighted by molar-refractivity contribution is 5.96. The van der Waals surface area contributed by atoms with Gasteiger partial charge in [-0.3, -0.25) is 4.79 Å². The van der Waals surface area contributed by atoms with Crippen molar-refractivity contribution in [2.75, 3.05) is 0 Å². The third kappa shape index (κ3) is 2.58. The van der Waals surface area contributed by atoms with Gasteiger partial charge in [-0.2, -0.15) is 0 Å². The minimum Gasteiger partial charge on any atom is -0.361 e. The molecule has 0 aromatic carbocycles. The lowest BCUT2D eigenvalue weighted by atomic mass is 10.2. The molecule has 2 aromatic heterocycles. The lowest BCUT2D eigenvalue weighted by Gasteiger charge is -2.14. The zero-order chi connectivity index (χ0) is 13.1. The summed E-state index contributed by atoms with van der Waals surface area (Å²) in [6.07, 6.45) is 5.29. The molecule has 2 rings (SSSR count). The van der Waals surface area contributed by atoms with E-state index < -0.39 is 0 Å². The predicted molar refractivity (Wildman–Crippen MR) is 65.1 cm³/mol. The number of carbonyl (C=O) groups is 1. The number of amides is 1. The first-order valence-corrected chi connectivity index (χ1v) is 5.77. The van der Waals surface area contributed by atoms with E-state index in [9.17, 15) is 4.79 Å². The van der Waals surface area contributed by atoms with Crippen molar-refractivity contribution < 1.29 is 9.32 Å². The number of hydrogen-bond acceptors (Lipinski definition) is 4. The summed E-state index contributed by atoms with van der Waals surface area (Å²) in [5, 5.41) is 6.68. The third-order valence-corrected chi connectivity index (χ3v) is 2.68. The average molecular weight is 248 g/mol. The van der Waals surface area contributed by atoms with Gasteiger partial charge in [-0.15, -0.1) is 0 Å². The number of imidazole rings is 1. The van der Waals surface area contributed by atoms with Crippen molar-refractivity contribution in [3.05, 3.63) is 35.7 Å². The van der Waals surface area contributed by atoms with Crippen LogP contribution in [0.15, 0.2) is 23.2 Å². The monoisotopic (exact) mass is 248 g/mol. The first-order valence-electron chi connectivity index (χ1n) is 5.77. The lowest BCUT2D eigenvalue weighted by molar-refractivity contribution is 0.0934. The third-order valence-electron chi connectivity index (χ3n) is 2.68. The second kappa shape index (κ2) is 5.03. The van der Waals surface area contributed by atoms with Gasteiger partial charge in [0.2, 0.25) is 0 Å². The van der Waals surface area contributed by atoms with Gasteiger partial charge in [0.1, 0.15) is 11.3 Å². The van der Waals surface area contributed by atoms with E-state index in [2.05, 4.69) is 15.5 Å². The highest BCUT2D eigenvalue weighted by Gasteiger charge is 2.18.